The molecule has 2 fully saturated rings. The van der Waals surface area contributed by atoms with Gasteiger partial charge in [-0.1, -0.05) is 48.0 Å². The van der Waals surface area contributed by atoms with Crippen LogP contribution in [-0.2, 0) is 9.59 Å². The number of nitrogens with one attached hydrogen (secondary N) is 2. The minimum Gasteiger partial charge on any atom is -0.345 e. The number of rotatable bonds is 4. The summed E-state index contributed by atoms with van der Waals surface area (Å²) in [5.74, 6) is 0.556. The maximum absolute atomic E-state index is 12.3. The highest BCUT2D eigenvalue weighted by Crippen LogP contribution is 2.40. The lowest BCUT2D eigenvalue weighted by Crippen LogP contribution is -2.49. The largest absolute Gasteiger partial charge is 0.345 e. The third kappa shape index (κ3) is 6.22. The molecule has 0 aromatic heterocycles. The first-order chi connectivity index (χ1) is 12.5. The zero-order valence-corrected chi connectivity index (χ0v) is 18.5. The maximum Gasteiger partial charge on any atom is 0.309 e. The van der Waals surface area contributed by atoms with Crippen LogP contribution in [0.25, 0.3) is 0 Å². The van der Waals surface area contributed by atoms with E-state index in [9.17, 15) is 9.59 Å². The number of hydrogen-bond donors (Lipinski definition) is 2. The van der Waals surface area contributed by atoms with Crippen LogP contribution < -0.4 is 10.6 Å². The van der Waals surface area contributed by atoms with Crippen molar-refractivity contribution in [1.29, 1.82) is 0 Å². The van der Waals surface area contributed by atoms with Gasteiger partial charge in [-0.3, -0.25) is 9.59 Å². The maximum atomic E-state index is 12.3. The van der Waals surface area contributed by atoms with Gasteiger partial charge in [0, 0.05) is 12.1 Å². The van der Waals surface area contributed by atoms with Crippen LogP contribution >= 0.6 is 0 Å². The second-order valence-electron chi connectivity index (χ2n) is 10.8. The van der Waals surface area contributed by atoms with E-state index in [0.717, 1.165) is 57.3 Å². The molecule has 2 aliphatic carbocycles. The molecule has 0 radical (unpaired) electrons. The molecule has 0 heterocycles. The van der Waals surface area contributed by atoms with Gasteiger partial charge in [0.2, 0.25) is 0 Å². The summed E-state index contributed by atoms with van der Waals surface area (Å²) in [5, 5.41) is 5.95. The van der Waals surface area contributed by atoms with Crippen molar-refractivity contribution in [2.75, 3.05) is 0 Å². The van der Waals surface area contributed by atoms with Crippen molar-refractivity contribution in [2.24, 2.45) is 22.7 Å². The Morgan fingerprint density at radius 2 is 1.07 bits per heavy atom. The van der Waals surface area contributed by atoms with Gasteiger partial charge in [0.15, 0.2) is 0 Å². The second-order valence-corrected chi connectivity index (χ2v) is 10.8. The summed E-state index contributed by atoms with van der Waals surface area (Å²) in [5.41, 5.74) is 0.704. The van der Waals surface area contributed by atoms with Crippen molar-refractivity contribution in [2.45, 2.75) is 111 Å². The number of amides is 2. The molecular formula is C23H42N2O2. The summed E-state index contributed by atoms with van der Waals surface area (Å²) in [6.07, 6.45) is 9.69. The average Bonchev–Trinajstić information content (AvgIpc) is 2.61. The van der Waals surface area contributed by atoms with E-state index < -0.39 is 11.8 Å². The van der Waals surface area contributed by atoms with Crippen molar-refractivity contribution < 1.29 is 9.59 Å². The molecular weight excluding hydrogens is 336 g/mol. The molecule has 2 rings (SSSR count). The highest BCUT2D eigenvalue weighted by atomic mass is 16.2. The van der Waals surface area contributed by atoms with Gasteiger partial charge in [0.05, 0.1) is 0 Å². The molecule has 0 spiro atoms. The molecule has 0 aromatic carbocycles. The summed E-state index contributed by atoms with van der Waals surface area (Å²) in [7, 11) is 0. The average molecular weight is 379 g/mol. The van der Waals surface area contributed by atoms with Crippen molar-refractivity contribution >= 4 is 11.8 Å². The molecule has 4 nitrogen and oxygen atoms in total. The van der Waals surface area contributed by atoms with E-state index in [2.05, 4.69) is 52.2 Å². The lowest BCUT2D eigenvalue weighted by molar-refractivity contribution is -0.140. The van der Waals surface area contributed by atoms with Gasteiger partial charge in [0.25, 0.3) is 0 Å². The number of hydrogen-bond acceptors (Lipinski definition) is 2. The van der Waals surface area contributed by atoms with Gasteiger partial charge in [-0.05, 0) is 74.0 Å². The molecule has 2 N–H and O–H groups in total. The summed E-state index contributed by atoms with van der Waals surface area (Å²) in [6, 6.07) is 0.312. The Balaban J connectivity index is 1.72. The summed E-state index contributed by atoms with van der Waals surface area (Å²) in [4.78, 5) is 24.6. The predicted octanol–water partition coefficient (Wildman–Crippen LogP) is 4.82. The molecule has 4 heteroatoms. The van der Waals surface area contributed by atoms with Crippen LogP contribution in [0.2, 0.25) is 0 Å². The Bertz CT molecular complexity index is 505. The lowest BCUT2D eigenvalue weighted by Gasteiger charge is -2.39. The van der Waals surface area contributed by atoms with Gasteiger partial charge >= 0.3 is 11.8 Å². The molecule has 2 aliphatic rings. The summed E-state index contributed by atoms with van der Waals surface area (Å²) in [6.45, 7) is 13.8. The van der Waals surface area contributed by atoms with Crippen LogP contribution in [0.1, 0.15) is 99.3 Å². The second kappa shape index (κ2) is 8.96. The normalized spacial score (nSPS) is 29.9. The molecule has 2 amide bonds. The first kappa shape index (κ1) is 22.2. The molecule has 0 unspecified atom stereocenters. The molecule has 0 atom stereocenters. The smallest absolute Gasteiger partial charge is 0.309 e. The Morgan fingerprint density at radius 1 is 0.704 bits per heavy atom. The fourth-order valence-corrected chi connectivity index (χ4v) is 4.91. The zero-order valence-electron chi connectivity index (χ0n) is 18.5. The molecule has 0 aliphatic heterocycles. The monoisotopic (exact) mass is 378 g/mol. The van der Waals surface area contributed by atoms with Crippen LogP contribution in [0.4, 0.5) is 0 Å². The van der Waals surface area contributed by atoms with Gasteiger partial charge < -0.3 is 10.6 Å². The molecule has 0 saturated heterocycles. The lowest BCUT2D eigenvalue weighted by atomic mass is 9.69. The first-order valence-electron chi connectivity index (χ1n) is 11.1. The van der Waals surface area contributed by atoms with Crippen molar-refractivity contribution in [3.8, 4) is 0 Å². The molecule has 0 bridgehead atoms. The van der Waals surface area contributed by atoms with E-state index in [-0.39, 0.29) is 12.1 Å². The quantitative estimate of drug-likeness (QED) is 0.689. The van der Waals surface area contributed by atoms with E-state index in [1.807, 2.05) is 0 Å². The van der Waals surface area contributed by atoms with Crippen LogP contribution in [0.5, 0.6) is 0 Å². The standard InChI is InChI=1S/C23H42N2O2/c1-7-23(5,6)17-10-14-19(15-11-17)25-21(27)20(26)24-18-12-8-16(9-13-18)22(2,3)4/h16-19H,7-15H2,1-6H3,(H,24,26)(H,25,27). The van der Waals surface area contributed by atoms with Crippen molar-refractivity contribution in [3.63, 3.8) is 0 Å². The van der Waals surface area contributed by atoms with E-state index in [0.29, 0.717) is 16.7 Å². The highest BCUT2D eigenvalue weighted by molar-refractivity contribution is 6.35. The van der Waals surface area contributed by atoms with Gasteiger partial charge in [-0.25, -0.2) is 0 Å². The fraction of sp³-hybridized carbons (Fsp3) is 0.913. The number of carbonyl (C=O) groups is 2. The SMILES string of the molecule is CCC(C)(C)C1CCC(NC(=O)C(=O)NC2CCC(C(C)(C)C)CC2)CC1. The Labute approximate surface area is 166 Å². The van der Waals surface area contributed by atoms with E-state index in [1.54, 1.807) is 0 Å². The van der Waals surface area contributed by atoms with Gasteiger partial charge in [0.1, 0.15) is 0 Å². The Hall–Kier alpha value is -1.06. The summed E-state index contributed by atoms with van der Waals surface area (Å²) < 4.78 is 0. The van der Waals surface area contributed by atoms with E-state index in [4.69, 9.17) is 0 Å². The van der Waals surface area contributed by atoms with Crippen LogP contribution in [-0.4, -0.2) is 23.9 Å². The van der Waals surface area contributed by atoms with Gasteiger partial charge in [-0.15, -0.1) is 0 Å². The molecule has 27 heavy (non-hydrogen) atoms. The fourth-order valence-electron chi connectivity index (χ4n) is 4.91. The number of carbonyl (C=O) groups excluding carboxylic acids is 2. The highest BCUT2D eigenvalue weighted by Gasteiger charge is 2.34. The minimum atomic E-state index is -0.440. The van der Waals surface area contributed by atoms with Crippen LogP contribution in [0, 0.1) is 22.7 Å². The third-order valence-corrected chi connectivity index (χ3v) is 7.57. The Morgan fingerprint density at radius 3 is 1.41 bits per heavy atom. The van der Waals surface area contributed by atoms with Gasteiger partial charge in [-0.2, -0.15) is 0 Å². The van der Waals surface area contributed by atoms with Crippen molar-refractivity contribution in [3.05, 3.63) is 0 Å². The molecule has 2 saturated carbocycles. The van der Waals surface area contributed by atoms with Crippen LogP contribution in [0.3, 0.4) is 0 Å². The molecule has 156 valence electrons. The minimum absolute atomic E-state index is 0.155. The first-order valence-corrected chi connectivity index (χ1v) is 11.1. The zero-order chi connectivity index (χ0) is 20.2. The van der Waals surface area contributed by atoms with Crippen molar-refractivity contribution in [1.82, 2.24) is 10.6 Å². The Kier molecular flexibility index (Phi) is 7.38. The van der Waals surface area contributed by atoms with Crippen LogP contribution in [0.15, 0.2) is 0 Å². The summed E-state index contributed by atoms with van der Waals surface area (Å²) >= 11 is 0. The predicted molar refractivity (Wildman–Crippen MR) is 111 cm³/mol. The molecule has 0 aromatic rings. The van der Waals surface area contributed by atoms with E-state index in [1.165, 1.54) is 6.42 Å². The van der Waals surface area contributed by atoms with E-state index >= 15 is 0 Å². The topological polar surface area (TPSA) is 58.2 Å². The third-order valence-electron chi connectivity index (χ3n) is 7.57.